The highest BCUT2D eigenvalue weighted by molar-refractivity contribution is 4.83. The number of unbranched alkanes of at least 4 members (excludes halogenated alkanes) is 1. The molecular formula is C17H36. The lowest BCUT2D eigenvalue weighted by molar-refractivity contribution is 0.0890. The zero-order chi connectivity index (χ0) is 13.9. The maximum atomic E-state index is 2.40. The highest BCUT2D eigenvalue weighted by Crippen LogP contribution is 2.43. The lowest BCUT2D eigenvalue weighted by Gasteiger charge is -2.41. The summed E-state index contributed by atoms with van der Waals surface area (Å²) in [6, 6.07) is 0. The van der Waals surface area contributed by atoms with Crippen LogP contribution in [-0.2, 0) is 0 Å². The van der Waals surface area contributed by atoms with Crippen LogP contribution in [0.3, 0.4) is 0 Å². The van der Waals surface area contributed by atoms with Crippen molar-refractivity contribution in [3.05, 3.63) is 0 Å². The second-order valence-corrected chi connectivity index (χ2v) is 9.09. The number of rotatable bonds is 4. The van der Waals surface area contributed by atoms with Crippen LogP contribution in [0.5, 0.6) is 0 Å². The van der Waals surface area contributed by atoms with Crippen LogP contribution in [-0.4, -0.2) is 0 Å². The molecule has 0 nitrogen and oxygen atoms in total. The summed E-state index contributed by atoms with van der Waals surface area (Å²) in [5.41, 5.74) is 1.36. The van der Waals surface area contributed by atoms with Crippen molar-refractivity contribution < 1.29 is 0 Å². The van der Waals surface area contributed by atoms with Crippen molar-refractivity contribution in [3.8, 4) is 0 Å². The monoisotopic (exact) mass is 240 g/mol. The Hall–Kier alpha value is 0. The summed E-state index contributed by atoms with van der Waals surface area (Å²) in [6.07, 6.45) is 5.50. The van der Waals surface area contributed by atoms with Crippen molar-refractivity contribution >= 4 is 0 Å². The maximum Gasteiger partial charge on any atom is -0.0317 e. The second-order valence-electron chi connectivity index (χ2n) is 9.09. The molecule has 17 heavy (non-hydrogen) atoms. The van der Waals surface area contributed by atoms with E-state index in [9.17, 15) is 0 Å². The van der Waals surface area contributed by atoms with E-state index in [4.69, 9.17) is 0 Å². The fourth-order valence-corrected chi connectivity index (χ4v) is 3.17. The first-order valence-electron chi connectivity index (χ1n) is 7.34. The molecule has 0 rings (SSSR count). The SMILES string of the molecule is CC(C)(C)CCCCC(C(C)(C)C)C(C)(C)C. The summed E-state index contributed by atoms with van der Waals surface area (Å²) < 4.78 is 0. The Morgan fingerprint density at radius 3 is 1.35 bits per heavy atom. The molecule has 104 valence electrons. The minimum absolute atomic E-state index is 0.431. The molecule has 0 atom stereocenters. The first-order chi connectivity index (χ1) is 7.34. The van der Waals surface area contributed by atoms with E-state index in [0.29, 0.717) is 16.2 Å². The largest absolute Gasteiger partial charge is 0.0602 e. The van der Waals surface area contributed by atoms with Gasteiger partial charge in [-0.2, -0.15) is 0 Å². The van der Waals surface area contributed by atoms with E-state index in [1.54, 1.807) is 0 Å². The van der Waals surface area contributed by atoms with Gasteiger partial charge in [-0.05, 0) is 35.0 Å². The molecule has 0 heteroatoms. The summed E-state index contributed by atoms with van der Waals surface area (Å²) in [6.45, 7) is 21.4. The molecule has 0 N–H and O–H groups in total. The molecule has 0 aromatic heterocycles. The van der Waals surface area contributed by atoms with Crippen molar-refractivity contribution in [2.24, 2.45) is 22.2 Å². The van der Waals surface area contributed by atoms with E-state index in [1.165, 1.54) is 25.7 Å². The van der Waals surface area contributed by atoms with Crippen LogP contribution in [0.2, 0.25) is 0 Å². The van der Waals surface area contributed by atoms with Gasteiger partial charge in [0.2, 0.25) is 0 Å². The molecule has 0 aliphatic rings. The normalized spacial score (nSPS) is 14.5. The molecule has 0 heterocycles. The summed E-state index contributed by atoms with van der Waals surface area (Å²) in [4.78, 5) is 0. The van der Waals surface area contributed by atoms with Crippen molar-refractivity contribution in [3.63, 3.8) is 0 Å². The first kappa shape index (κ1) is 17.0. The molecule has 0 aromatic carbocycles. The van der Waals surface area contributed by atoms with E-state index >= 15 is 0 Å². The van der Waals surface area contributed by atoms with E-state index in [-0.39, 0.29) is 0 Å². The summed E-state index contributed by atoms with van der Waals surface area (Å²) in [5, 5.41) is 0. The zero-order valence-corrected chi connectivity index (χ0v) is 13.9. The summed E-state index contributed by atoms with van der Waals surface area (Å²) in [7, 11) is 0. The van der Waals surface area contributed by atoms with Crippen LogP contribution in [0.25, 0.3) is 0 Å². The Morgan fingerprint density at radius 2 is 1.06 bits per heavy atom. The van der Waals surface area contributed by atoms with Gasteiger partial charge in [0.25, 0.3) is 0 Å². The van der Waals surface area contributed by atoms with Gasteiger partial charge in [0, 0.05) is 0 Å². The molecule has 0 radical (unpaired) electrons. The molecule has 0 saturated carbocycles. The van der Waals surface area contributed by atoms with Crippen molar-refractivity contribution in [1.29, 1.82) is 0 Å². The molecule has 0 aliphatic carbocycles. The minimum Gasteiger partial charge on any atom is -0.0602 e. The molecule has 0 amide bonds. The zero-order valence-electron chi connectivity index (χ0n) is 13.9. The maximum absolute atomic E-state index is 2.40. The molecule has 0 fully saturated rings. The molecule has 0 aliphatic heterocycles. The van der Waals surface area contributed by atoms with Gasteiger partial charge in [0.1, 0.15) is 0 Å². The predicted octanol–water partition coefficient (Wildman–Crippen LogP) is 6.30. The fourth-order valence-electron chi connectivity index (χ4n) is 3.17. The van der Waals surface area contributed by atoms with Gasteiger partial charge in [0.15, 0.2) is 0 Å². The first-order valence-corrected chi connectivity index (χ1v) is 7.34. The smallest absolute Gasteiger partial charge is 0.0317 e. The molecule has 0 spiro atoms. The third kappa shape index (κ3) is 7.84. The highest BCUT2D eigenvalue weighted by Gasteiger charge is 2.33. The van der Waals surface area contributed by atoms with Gasteiger partial charge in [-0.3, -0.25) is 0 Å². The van der Waals surface area contributed by atoms with Crippen LogP contribution in [0.15, 0.2) is 0 Å². The van der Waals surface area contributed by atoms with Gasteiger partial charge in [-0.15, -0.1) is 0 Å². The molecule has 0 bridgehead atoms. The van der Waals surface area contributed by atoms with Crippen LogP contribution in [0, 0.1) is 22.2 Å². The minimum atomic E-state index is 0.431. The average Bonchev–Trinajstić information content (AvgIpc) is 1.95. The Morgan fingerprint density at radius 1 is 0.647 bits per heavy atom. The number of hydrogen-bond acceptors (Lipinski definition) is 0. The van der Waals surface area contributed by atoms with Crippen molar-refractivity contribution in [1.82, 2.24) is 0 Å². The lowest BCUT2D eigenvalue weighted by atomic mass is 9.64. The van der Waals surface area contributed by atoms with Crippen molar-refractivity contribution in [2.75, 3.05) is 0 Å². The Labute approximate surface area is 111 Å². The second kappa shape index (κ2) is 5.76. The standard InChI is InChI=1S/C17H36/c1-15(2,3)13-11-10-12-14(16(4,5)6)17(7,8)9/h14H,10-13H2,1-9H3. The van der Waals surface area contributed by atoms with E-state index in [2.05, 4.69) is 62.3 Å². The Balaban J connectivity index is 4.22. The van der Waals surface area contributed by atoms with Gasteiger partial charge >= 0.3 is 0 Å². The van der Waals surface area contributed by atoms with Gasteiger partial charge in [0.05, 0.1) is 0 Å². The third-order valence-corrected chi connectivity index (χ3v) is 3.76. The average molecular weight is 240 g/mol. The van der Waals surface area contributed by atoms with E-state index in [0.717, 1.165) is 5.92 Å². The quantitative estimate of drug-likeness (QED) is 0.506. The predicted molar refractivity (Wildman–Crippen MR) is 80.3 cm³/mol. The van der Waals surface area contributed by atoms with E-state index in [1.807, 2.05) is 0 Å². The third-order valence-electron chi connectivity index (χ3n) is 3.76. The summed E-state index contributed by atoms with van der Waals surface area (Å²) in [5.74, 6) is 0.815. The summed E-state index contributed by atoms with van der Waals surface area (Å²) >= 11 is 0. The van der Waals surface area contributed by atoms with Gasteiger partial charge in [-0.1, -0.05) is 75.2 Å². The fraction of sp³-hybridized carbons (Fsp3) is 1.00. The molecule has 0 aromatic rings. The molecule has 0 unspecified atom stereocenters. The van der Waals surface area contributed by atoms with Crippen LogP contribution < -0.4 is 0 Å². The molecular weight excluding hydrogens is 204 g/mol. The number of hydrogen-bond donors (Lipinski definition) is 0. The van der Waals surface area contributed by atoms with Gasteiger partial charge in [-0.25, -0.2) is 0 Å². The Kier molecular flexibility index (Phi) is 5.76. The topological polar surface area (TPSA) is 0 Å². The highest BCUT2D eigenvalue weighted by atomic mass is 14.4. The van der Waals surface area contributed by atoms with Gasteiger partial charge < -0.3 is 0 Å². The van der Waals surface area contributed by atoms with Crippen LogP contribution >= 0.6 is 0 Å². The van der Waals surface area contributed by atoms with Crippen LogP contribution in [0.4, 0.5) is 0 Å². The molecule has 0 saturated heterocycles. The van der Waals surface area contributed by atoms with E-state index < -0.39 is 0 Å². The Bertz CT molecular complexity index is 190. The van der Waals surface area contributed by atoms with Crippen LogP contribution in [0.1, 0.15) is 88.0 Å². The van der Waals surface area contributed by atoms with Crippen molar-refractivity contribution in [2.45, 2.75) is 88.0 Å². The lowest BCUT2D eigenvalue weighted by Crippen LogP contribution is -2.32.